The van der Waals surface area contributed by atoms with Crippen LogP contribution in [0.1, 0.15) is 19.4 Å². The number of halogens is 1. The Bertz CT molecular complexity index is 374. The summed E-state index contributed by atoms with van der Waals surface area (Å²) < 4.78 is 0. The van der Waals surface area contributed by atoms with Crippen molar-refractivity contribution in [3.63, 3.8) is 0 Å². The topological polar surface area (TPSA) is 41.1 Å². The quantitative estimate of drug-likeness (QED) is 0.862. The van der Waals surface area contributed by atoms with Crippen molar-refractivity contribution in [1.29, 1.82) is 0 Å². The molecule has 2 N–H and O–H groups in total. The lowest BCUT2D eigenvalue weighted by atomic mass is 9.92. The van der Waals surface area contributed by atoms with Crippen LogP contribution in [0.15, 0.2) is 30.3 Å². The van der Waals surface area contributed by atoms with Gasteiger partial charge in [0.25, 0.3) is 0 Å². The van der Waals surface area contributed by atoms with Gasteiger partial charge in [-0.05, 0) is 19.4 Å². The van der Waals surface area contributed by atoms with Crippen LogP contribution in [-0.2, 0) is 10.3 Å². The van der Waals surface area contributed by atoms with Crippen LogP contribution < -0.4 is 10.6 Å². The Morgan fingerprint density at radius 1 is 1.29 bits per heavy atom. The zero-order valence-corrected chi connectivity index (χ0v) is 11.0. The molecule has 1 saturated heterocycles. The lowest BCUT2D eigenvalue weighted by Crippen LogP contribution is -2.54. The fourth-order valence-corrected chi connectivity index (χ4v) is 1.81. The van der Waals surface area contributed by atoms with Gasteiger partial charge in [-0.2, -0.15) is 0 Å². The summed E-state index contributed by atoms with van der Waals surface area (Å²) in [5, 5.41) is 6.20. The molecule has 1 heterocycles. The summed E-state index contributed by atoms with van der Waals surface area (Å²) in [6.07, 6.45) is 0. The fourth-order valence-electron chi connectivity index (χ4n) is 1.81. The molecule has 0 unspecified atom stereocenters. The lowest BCUT2D eigenvalue weighted by Gasteiger charge is -2.32. The number of carbonyl (C=O) groups is 1. The third-order valence-corrected chi connectivity index (χ3v) is 3.08. The van der Waals surface area contributed by atoms with E-state index in [1.165, 1.54) is 0 Å². The zero-order chi connectivity index (χ0) is 11.6. The molecule has 1 fully saturated rings. The molecular formula is C13H19ClN2O. The molecule has 1 aromatic rings. The number of amides is 1. The summed E-state index contributed by atoms with van der Waals surface area (Å²) in [6.45, 7) is 5.67. The molecule has 0 bridgehead atoms. The minimum absolute atomic E-state index is 0. The molecule has 0 spiro atoms. The Morgan fingerprint density at radius 2 is 1.88 bits per heavy atom. The van der Waals surface area contributed by atoms with Gasteiger partial charge < -0.3 is 10.6 Å². The first-order valence-corrected chi connectivity index (χ1v) is 5.68. The largest absolute Gasteiger partial charge is 0.347 e. The molecular weight excluding hydrogens is 236 g/mol. The van der Waals surface area contributed by atoms with Gasteiger partial charge in [0.2, 0.25) is 5.91 Å². The second kappa shape index (κ2) is 5.52. The molecule has 0 aliphatic carbocycles. The van der Waals surface area contributed by atoms with E-state index in [2.05, 4.69) is 10.6 Å². The summed E-state index contributed by atoms with van der Waals surface area (Å²) in [4.78, 5) is 11.9. The van der Waals surface area contributed by atoms with Crippen molar-refractivity contribution in [3.05, 3.63) is 35.9 Å². The second-order valence-corrected chi connectivity index (χ2v) is 4.84. The average Bonchev–Trinajstić information content (AvgIpc) is 2.15. The maximum absolute atomic E-state index is 11.9. The van der Waals surface area contributed by atoms with Gasteiger partial charge >= 0.3 is 0 Å². The molecule has 1 amide bonds. The smallest absolute Gasteiger partial charge is 0.226 e. The van der Waals surface area contributed by atoms with Gasteiger partial charge in [-0.1, -0.05) is 30.3 Å². The van der Waals surface area contributed by atoms with E-state index in [-0.39, 0.29) is 29.8 Å². The molecule has 1 aliphatic heterocycles. The van der Waals surface area contributed by atoms with E-state index in [4.69, 9.17) is 0 Å². The highest BCUT2D eigenvalue weighted by molar-refractivity contribution is 5.85. The summed E-state index contributed by atoms with van der Waals surface area (Å²) in [7, 11) is 0. The maximum atomic E-state index is 11.9. The van der Waals surface area contributed by atoms with Crippen molar-refractivity contribution in [2.75, 3.05) is 13.1 Å². The van der Waals surface area contributed by atoms with E-state index in [1.807, 2.05) is 44.2 Å². The van der Waals surface area contributed by atoms with E-state index in [9.17, 15) is 4.79 Å². The highest BCUT2D eigenvalue weighted by Crippen LogP contribution is 2.20. The van der Waals surface area contributed by atoms with Crippen LogP contribution in [0.5, 0.6) is 0 Å². The number of rotatable bonds is 3. The average molecular weight is 255 g/mol. The van der Waals surface area contributed by atoms with E-state index >= 15 is 0 Å². The minimum Gasteiger partial charge on any atom is -0.347 e. The van der Waals surface area contributed by atoms with Gasteiger partial charge in [0.1, 0.15) is 0 Å². The van der Waals surface area contributed by atoms with E-state index < -0.39 is 0 Å². The Hall–Kier alpha value is -1.06. The molecule has 0 atom stereocenters. The zero-order valence-electron chi connectivity index (χ0n) is 10.2. The molecule has 1 aromatic carbocycles. The number of hydrogen-bond acceptors (Lipinski definition) is 2. The van der Waals surface area contributed by atoms with Crippen molar-refractivity contribution in [1.82, 2.24) is 10.6 Å². The van der Waals surface area contributed by atoms with Gasteiger partial charge in [-0.25, -0.2) is 0 Å². The monoisotopic (exact) mass is 254 g/mol. The molecule has 3 nitrogen and oxygen atoms in total. The normalized spacial score (nSPS) is 15.6. The molecule has 2 rings (SSSR count). The van der Waals surface area contributed by atoms with Crippen molar-refractivity contribution < 1.29 is 4.79 Å². The van der Waals surface area contributed by atoms with Gasteiger partial charge in [0, 0.05) is 13.1 Å². The summed E-state index contributed by atoms with van der Waals surface area (Å²) in [5.74, 6) is 0.288. The highest BCUT2D eigenvalue weighted by Gasteiger charge is 2.30. The van der Waals surface area contributed by atoms with Crippen LogP contribution >= 0.6 is 12.4 Å². The van der Waals surface area contributed by atoms with Crippen LogP contribution in [0, 0.1) is 5.92 Å². The summed E-state index contributed by atoms with van der Waals surface area (Å²) in [6, 6.07) is 10.1. The van der Waals surface area contributed by atoms with Crippen molar-refractivity contribution in [2.24, 2.45) is 5.92 Å². The summed E-state index contributed by atoms with van der Waals surface area (Å²) >= 11 is 0. The third-order valence-electron chi connectivity index (χ3n) is 3.08. The van der Waals surface area contributed by atoms with Gasteiger partial charge in [-0.3, -0.25) is 4.79 Å². The Balaban J connectivity index is 0.00000144. The molecule has 94 valence electrons. The van der Waals surface area contributed by atoms with E-state index in [0.29, 0.717) is 0 Å². The SMILES string of the molecule is CC(C)(NC(=O)C1CNC1)c1ccccc1.Cl. The lowest BCUT2D eigenvalue weighted by molar-refractivity contribution is -0.128. The van der Waals surface area contributed by atoms with Crippen molar-refractivity contribution >= 4 is 18.3 Å². The van der Waals surface area contributed by atoms with Gasteiger partial charge in [0.15, 0.2) is 0 Å². The molecule has 17 heavy (non-hydrogen) atoms. The van der Waals surface area contributed by atoms with Gasteiger partial charge in [0.05, 0.1) is 11.5 Å². The molecule has 0 aromatic heterocycles. The number of benzene rings is 1. The Labute approximate surface area is 108 Å². The van der Waals surface area contributed by atoms with Crippen LogP contribution in [0.3, 0.4) is 0 Å². The van der Waals surface area contributed by atoms with Crippen molar-refractivity contribution in [3.8, 4) is 0 Å². The molecule has 4 heteroatoms. The van der Waals surface area contributed by atoms with Crippen LogP contribution in [-0.4, -0.2) is 19.0 Å². The van der Waals surface area contributed by atoms with Crippen molar-refractivity contribution in [2.45, 2.75) is 19.4 Å². The predicted molar refractivity (Wildman–Crippen MR) is 71.2 cm³/mol. The number of carbonyl (C=O) groups excluding carboxylic acids is 1. The first kappa shape index (κ1) is 14.0. The fraction of sp³-hybridized carbons (Fsp3) is 0.462. The second-order valence-electron chi connectivity index (χ2n) is 4.84. The van der Waals surface area contributed by atoms with E-state index in [1.54, 1.807) is 0 Å². The Kier molecular flexibility index (Phi) is 4.54. The number of hydrogen-bond donors (Lipinski definition) is 2. The first-order valence-electron chi connectivity index (χ1n) is 5.68. The number of nitrogens with one attached hydrogen (secondary N) is 2. The predicted octanol–water partition coefficient (Wildman–Crippen LogP) is 1.68. The first-order chi connectivity index (χ1) is 7.59. The molecule has 0 radical (unpaired) electrons. The van der Waals surface area contributed by atoms with Crippen LogP contribution in [0.25, 0.3) is 0 Å². The van der Waals surface area contributed by atoms with Crippen LogP contribution in [0.2, 0.25) is 0 Å². The van der Waals surface area contributed by atoms with Gasteiger partial charge in [-0.15, -0.1) is 12.4 Å². The summed E-state index contributed by atoms with van der Waals surface area (Å²) in [5.41, 5.74) is 0.837. The maximum Gasteiger partial charge on any atom is 0.226 e. The standard InChI is InChI=1S/C13H18N2O.ClH/c1-13(2,11-6-4-3-5-7-11)15-12(16)10-8-14-9-10;/h3-7,10,14H,8-9H2,1-2H3,(H,15,16);1H. The van der Waals surface area contributed by atoms with Crippen LogP contribution in [0.4, 0.5) is 0 Å². The molecule has 0 saturated carbocycles. The van der Waals surface area contributed by atoms with E-state index in [0.717, 1.165) is 18.7 Å². The Morgan fingerprint density at radius 3 is 2.35 bits per heavy atom. The third kappa shape index (κ3) is 3.20. The molecule has 1 aliphatic rings. The minimum atomic E-state index is -0.298. The highest BCUT2D eigenvalue weighted by atomic mass is 35.5.